The Balaban J connectivity index is 1.22. The average Bonchev–Trinajstić information content (AvgIpc) is 3.67. The first-order valence-corrected chi connectivity index (χ1v) is 17.2. The zero-order valence-electron chi connectivity index (χ0n) is 27.8. The maximum atomic E-state index is 6.63. The van der Waals surface area contributed by atoms with Gasteiger partial charge in [0, 0.05) is 32.7 Å². The smallest absolute Gasteiger partial charge is 0.160 e. The molecule has 0 saturated carbocycles. The third-order valence-corrected chi connectivity index (χ3v) is 10.5. The molecule has 2 aromatic heterocycles. The fraction of sp³-hybridized carbons (Fsp3) is 0.0638. The fourth-order valence-electron chi connectivity index (χ4n) is 8.10. The van der Waals surface area contributed by atoms with E-state index in [1.807, 2.05) is 12.1 Å². The number of para-hydroxylation sites is 2. The molecule has 0 saturated heterocycles. The van der Waals surface area contributed by atoms with E-state index in [1.165, 1.54) is 33.4 Å². The molecule has 3 heteroatoms. The number of hydrogen-bond acceptors (Lipinski definition) is 3. The van der Waals surface area contributed by atoms with Gasteiger partial charge >= 0.3 is 0 Å². The van der Waals surface area contributed by atoms with E-state index in [9.17, 15) is 0 Å². The second-order valence-electron chi connectivity index (χ2n) is 13.8. The van der Waals surface area contributed by atoms with Crippen LogP contribution in [0.25, 0.3) is 88.9 Å². The lowest BCUT2D eigenvalue weighted by Crippen LogP contribution is -2.16. The number of benzene rings is 7. The molecule has 9 aromatic rings. The molecule has 236 valence electrons. The maximum absolute atomic E-state index is 6.63. The van der Waals surface area contributed by atoms with Crippen LogP contribution >= 0.6 is 0 Å². The second-order valence-corrected chi connectivity index (χ2v) is 13.8. The molecule has 0 atom stereocenters. The SMILES string of the molecule is CC1(C)c2ccccc2-c2ccc3nc(-c4cccc(-c5cccc(-c6ccccc6)c5)c4)nc(-c4cccc5c4oc4ccccc45)c3c21. The largest absolute Gasteiger partial charge is 0.455 e. The van der Waals surface area contributed by atoms with Crippen LogP contribution in [0.15, 0.2) is 162 Å². The van der Waals surface area contributed by atoms with Crippen LogP contribution in [0.4, 0.5) is 0 Å². The van der Waals surface area contributed by atoms with Crippen LogP contribution in [0.2, 0.25) is 0 Å². The topological polar surface area (TPSA) is 38.9 Å². The summed E-state index contributed by atoms with van der Waals surface area (Å²) in [5, 5.41) is 3.26. The van der Waals surface area contributed by atoms with Crippen LogP contribution in [0.5, 0.6) is 0 Å². The molecule has 0 radical (unpaired) electrons. The second kappa shape index (κ2) is 10.8. The summed E-state index contributed by atoms with van der Waals surface area (Å²) in [6, 6.07) is 55.7. The Morgan fingerprint density at radius 3 is 1.94 bits per heavy atom. The summed E-state index contributed by atoms with van der Waals surface area (Å²) in [5.41, 5.74) is 15.0. The minimum Gasteiger partial charge on any atom is -0.455 e. The quantitative estimate of drug-likeness (QED) is 0.192. The fourth-order valence-corrected chi connectivity index (χ4v) is 8.10. The highest BCUT2D eigenvalue weighted by molar-refractivity contribution is 6.13. The maximum Gasteiger partial charge on any atom is 0.160 e. The highest BCUT2D eigenvalue weighted by Crippen LogP contribution is 2.53. The lowest BCUT2D eigenvalue weighted by molar-refractivity contribution is 0.665. The third kappa shape index (κ3) is 4.30. The standard InChI is InChI=1S/C47H32N2O/c1-47(2)39-23-8-6-19-34(39)36-25-26-40-42(43(36)47)44(38-22-12-21-37-35-20-7-9-24-41(35)50-45(37)38)49-46(48-40)33-18-11-17-32(28-33)31-16-10-15-30(27-31)29-13-4-3-5-14-29/h3-28H,1-2H3. The van der Waals surface area contributed by atoms with E-state index in [4.69, 9.17) is 14.4 Å². The van der Waals surface area contributed by atoms with E-state index in [-0.39, 0.29) is 5.41 Å². The predicted octanol–water partition coefficient (Wildman–Crippen LogP) is 12.5. The molecule has 50 heavy (non-hydrogen) atoms. The van der Waals surface area contributed by atoms with Gasteiger partial charge < -0.3 is 4.42 Å². The van der Waals surface area contributed by atoms with E-state index < -0.39 is 0 Å². The van der Waals surface area contributed by atoms with E-state index in [1.54, 1.807) is 0 Å². The van der Waals surface area contributed by atoms with Crippen molar-refractivity contribution in [1.29, 1.82) is 0 Å². The lowest BCUT2D eigenvalue weighted by Gasteiger charge is -2.24. The summed E-state index contributed by atoms with van der Waals surface area (Å²) in [5.74, 6) is 0.690. The Morgan fingerprint density at radius 2 is 1.10 bits per heavy atom. The van der Waals surface area contributed by atoms with Gasteiger partial charge in [-0.15, -0.1) is 0 Å². The number of rotatable bonds is 4. The van der Waals surface area contributed by atoms with Gasteiger partial charge in [-0.1, -0.05) is 141 Å². The minimum atomic E-state index is -0.240. The van der Waals surface area contributed by atoms with Crippen molar-refractivity contribution < 1.29 is 4.42 Å². The van der Waals surface area contributed by atoms with Crippen LogP contribution < -0.4 is 0 Å². The summed E-state index contributed by atoms with van der Waals surface area (Å²) in [7, 11) is 0. The van der Waals surface area contributed by atoms with Crippen molar-refractivity contribution in [3.63, 3.8) is 0 Å². The van der Waals surface area contributed by atoms with Crippen LogP contribution in [0.3, 0.4) is 0 Å². The summed E-state index contributed by atoms with van der Waals surface area (Å²) in [6.45, 7) is 4.65. The van der Waals surface area contributed by atoms with Crippen molar-refractivity contribution in [2.75, 3.05) is 0 Å². The monoisotopic (exact) mass is 640 g/mol. The summed E-state index contributed by atoms with van der Waals surface area (Å²) in [4.78, 5) is 10.8. The van der Waals surface area contributed by atoms with E-state index in [0.717, 1.165) is 60.8 Å². The molecule has 0 bridgehead atoms. The summed E-state index contributed by atoms with van der Waals surface area (Å²) in [6.07, 6.45) is 0. The molecule has 1 aliphatic carbocycles. The van der Waals surface area contributed by atoms with Crippen LogP contribution in [-0.2, 0) is 5.41 Å². The Kier molecular flexibility index (Phi) is 6.22. The lowest BCUT2D eigenvalue weighted by atomic mass is 9.80. The van der Waals surface area contributed by atoms with Gasteiger partial charge in [-0.3, -0.25) is 0 Å². The molecule has 0 fully saturated rings. The van der Waals surface area contributed by atoms with Crippen molar-refractivity contribution in [2.45, 2.75) is 19.3 Å². The van der Waals surface area contributed by atoms with Gasteiger partial charge in [0.05, 0.1) is 11.2 Å². The van der Waals surface area contributed by atoms with Gasteiger partial charge in [0.15, 0.2) is 5.82 Å². The molecule has 10 rings (SSSR count). The molecule has 0 spiro atoms. The van der Waals surface area contributed by atoms with Crippen molar-refractivity contribution in [2.24, 2.45) is 0 Å². The summed E-state index contributed by atoms with van der Waals surface area (Å²) >= 11 is 0. The van der Waals surface area contributed by atoms with Gasteiger partial charge in [-0.2, -0.15) is 0 Å². The highest BCUT2D eigenvalue weighted by Gasteiger charge is 2.38. The Morgan fingerprint density at radius 1 is 0.480 bits per heavy atom. The normalized spacial score (nSPS) is 13.2. The Bertz CT molecular complexity index is 2790. The van der Waals surface area contributed by atoms with Crippen molar-refractivity contribution in [3.05, 3.63) is 169 Å². The van der Waals surface area contributed by atoms with Crippen molar-refractivity contribution >= 4 is 32.8 Å². The average molecular weight is 641 g/mol. The van der Waals surface area contributed by atoms with E-state index in [0.29, 0.717) is 5.82 Å². The molecule has 0 aliphatic heterocycles. The molecular formula is C47H32N2O. The van der Waals surface area contributed by atoms with Crippen LogP contribution in [-0.4, -0.2) is 9.97 Å². The number of nitrogens with zero attached hydrogens (tertiary/aromatic N) is 2. The minimum absolute atomic E-state index is 0.240. The Labute approximate surface area is 290 Å². The molecule has 7 aromatic carbocycles. The molecule has 3 nitrogen and oxygen atoms in total. The molecule has 0 N–H and O–H groups in total. The number of aromatic nitrogens is 2. The molecule has 1 aliphatic rings. The summed E-state index contributed by atoms with van der Waals surface area (Å²) < 4.78 is 6.63. The molecule has 0 unspecified atom stereocenters. The molecule has 0 amide bonds. The number of fused-ring (bicyclic) bond motifs is 8. The van der Waals surface area contributed by atoms with Crippen LogP contribution in [0, 0.1) is 0 Å². The third-order valence-electron chi connectivity index (χ3n) is 10.5. The Hall–Kier alpha value is -6.32. The zero-order chi connectivity index (χ0) is 33.4. The van der Waals surface area contributed by atoms with Gasteiger partial charge in [0.25, 0.3) is 0 Å². The van der Waals surface area contributed by atoms with Gasteiger partial charge in [-0.05, 0) is 74.8 Å². The van der Waals surface area contributed by atoms with Gasteiger partial charge in [0.1, 0.15) is 11.2 Å². The molecular weight excluding hydrogens is 609 g/mol. The number of furan rings is 1. The predicted molar refractivity (Wildman–Crippen MR) is 206 cm³/mol. The van der Waals surface area contributed by atoms with Gasteiger partial charge in [0.2, 0.25) is 0 Å². The first kappa shape index (κ1) is 28.7. The van der Waals surface area contributed by atoms with E-state index in [2.05, 4.69) is 159 Å². The van der Waals surface area contributed by atoms with Crippen molar-refractivity contribution in [1.82, 2.24) is 9.97 Å². The first-order chi connectivity index (χ1) is 24.5. The van der Waals surface area contributed by atoms with Crippen LogP contribution in [0.1, 0.15) is 25.0 Å². The van der Waals surface area contributed by atoms with E-state index >= 15 is 0 Å². The van der Waals surface area contributed by atoms with Crippen molar-refractivity contribution in [3.8, 4) is 56.0 Å². The first-order valence-electron chi connectivity index (χ1n) is 17.2. The van der Waals surface area contributed by atoms with Gasteiger partial charge in [-0.25, -0.2) is 9.97 Å². The number of hydrogen-bond donors (Lipinski definition) is 0. The molecule has 2 heterocycles. The highest BCUT2D eigenvalue weighted by atomic mass is 16.3. The zero-order valence-corrected chi connectivity index (χ0v) is 27.8.